The van der Waals surface area contributed by atoms with E-state index in [1.807, 2.05) is 6.08 Å². The highest BCUT2D eigenvalue weighted by atomic mass is 16.1. The van der Waals surface area contributed by atoms with Gasteiger partial charge in [-0.3, -0.25) is 4.79 Å². The second kappa shape index (κ2) is 3.76. The molecule has 0 bridgehead atoms. The minimum absolute atomic E-state index is 0.317. The van der Waals surface area contributed by atoms with E-state index in [9.17, 15) is 4.79 Å². The Morgan fingerprint density at radius 3 is 2.43 bits per heavy atom. The van der Waals surface area contributed by atoms with Gasteiger partial charge in [0.05, 0.1) is 0 Å². The second-order valence-electron chi connectivity index (χ2n) is 4.64. The summed E-state index contributed by atoms with van der Waals surface area (Å²) in [5.41, 5.74) is 1.29. The lowest BCUT2D eigenvalue weighted by molar-refractivity contribution is -0.115. The summed E-state index contributed by atoms with van der Waals surface area (Å²) >= 11 is 0. The van der Waals surface area contributed by atoms with Gasteiger partial charge in [-0.2, -0.15) is 0 Å². The van der Waals surface area contributed by atoms with E-state index < -0.39 is 0 Å². The van der Waals surface area contributed by atoms with Crippen molar-refractivity contribution < 1.29 is 4.79 Å². The van der Waals surface area contributed by atoms with E-state index in [0.717, 1.165) is 19.3 Å². The first kappa shape index (κ1) is 9.75. The zero-order valence-corrected chi connectivity index (χ0v) is 9.12. The number of likely N-dealkylation sites (tertiary alicyclic amines) is 1. The zero-order chi connectivity index (χ0) is 10.1. The van der Waals surface area contributed by atoms with E-state index in [1.165, 1.54) is 18.5 Å². The van der Waals surface area contributed by atoms with Crippen LogP contribution < -0.4 is 0 Å². The molecule has 78 valence electrons. The highest BCUT2D eigenvalue weighted by Crippen LogP contribution is 2.31. The van der Waals surface area contributed by atoms with Crippen LogP contribution in [0.1, 0.15) is 46.0 Å². The number of hydrogen-bond acceptors (Lipinski definition) is 2. The van der Waals surface area contributed by atoms with E-state index in [0.29, 0.717) is 17.9 Å². The number of carbonyl (C=O) groups excluding carboxylic acids is 1. The molecule has 0 unspecified atom stereocenters. The number of ketones is 1. The zero-order valence-electron chi connectivity index (χ0n) is 9.12. The number of hydrogen-bond donors (Lipinski definition) is 0. The predicted octanol–water partition coefficient (Wildman–Crippen LogP) is 2.50. The van der Waals surface area contributed by atoms with Crippen LogP contribution in [0.25, 0.3) is 0 Å². The normalized spacial score (nSPS) is 33.4. The molecule has 2 atom stereocenters. The smallest absolute Gasteiger partial charge is 0.157 e. The average molecular weight is 193 g/mol. The van der Waals surface area contributed by atoms with Crippen LogP contribution in [-0.2, 0) is 4.79 Å². The predicted molar refractivity (Wildman–Crippen MR) is 56.9 cm³/mol. The number of allylic oxidation sites excluding steroid dienone is 2. The summed E-state index contributed by atoms with van der Waals surface area (Å²) < 4.78 is 0. The molecule has 1 aliphatic carbocycles. The summed E-state index contributed by atoms with van der Waals surface area (Å²) in [6, 6.07) is 1.25. The standard InChI is InChI=1S/C12H19NO/c1-9-6-7-10(2)13(9)11-4-3-5-12(14)8-11/h8-10H,3-7H2,1-2H3/t9-,10-/m0/s1. The Bertz CT molecular complexity index is 259. The summed E-state index contributed by atoms with van der Waals surface area (Å²) in [6.07, 6.45) is 7.31. The van der Waals surface area contributed by atoms with Crippen LogP contribution in [0.15, 0.2) is 11.8 Å². The SMILES string of the molecule is C[C@H]1CC[C@H](C)N1C1=CC(=O)CCC1. The van der Waals surface area contributed by atoms with Crippen molar-refractivity contribution in [3.8, 4) is 0 Å². The molecular weight excluding hydrogens is 174 g/mol. The maximum absolute atomic E-state index is 11.3. The van der Waals surface area contributed by atoms with Crippen LogP contribution in [0, 0.1) is 0 Å². The fourth-order valence-electron chi connectivity index (χ4n) is 2.74. The summed E-state index contributed by atoms with van der Waals surface area (Å²) in [4.78, 5) is 13.8. The number of rotatable bonds is 1. The van der Waals surface area contributed by atoms with Gasteiger partial charge in [-0.05, 0) is 39.5 Å². The fraction of sp³-hybridized carbons (Fsp3) is 0.750. The van der Waals surface area contributed by atoms with Crippen molar-refractivity contribution in [3.05, 3.63) is 11.8 Å². The van der Waals surface area contributed by atoms with Gasteiger partial charge in [0.1, 0.15) is 0 Å². The topological polar surface area (TPSA) is 20.3 Å². The van der Waals surface area contributed by atoms with Crippen LogP contribution in [0.2, 0.25) is 0 Å². The molecule has 1 aliphatic heterocycles. The van der Waals surface area contributed by atoms with Gasteiger partial charge in [0, 0.05) is 30.3 Å². The van der Waals surface area contributed by atoms with Crippen LogP contribution in [0.3, 0.4) is 0 Å². The molecule has 2 rings (SSSR count). The van der Waals surface area contributed by atoms with Gasteiger partial charge in [0.25, 0.3) is 0 Å². The van der Waals surface area contributed by atoms with Crippen LogP contribution in [0.4, 0.5) is 0 Å². The highest BCUT2D eigenvalue weighted by Gasteiger charge is 2.29. The van der Waals surface area contributed by atoms with Crippen LogP contribution in [-0.4, -0.2) is 22.8 Å². The van der Waals surface area contributed by atoms with Gasteiger partial charge < -0.3 is 4.90 Å². The third-order valence-electron chi connectivity index (χ3n) is 3.47. The van der Waals surface area contributed by atoms with Crippen molar-refractivity contribution in [2.24, 2.45) is 0 Å². The molecule has 0 N–H and O–H groups in total. The van der Waals surface area contributed by atoms with E-state index in [-0.39, 0.29) is 0 Å². The van der Waals surface area contributed by atoms with Gasteiger partial charge in [-0.25, -0.2) is 0 Å². The molecule has 2 aliphatic rings. The van der Waals surface area contributed by atoms with E-state index >= 15 is 0 Å². The molecular formula is C12H19NO. The van der Waals surface area contributed by atoms with Crippen LogP contribution >= 0.6 is 0 Å². The maximum atomic E-state index is 11.3. The minimum Gasteiger partial charge on any atom is -0.369 e. The molecule has 0 saturated carbocycles. The molecule has 14 heavy (non-hydrogen) atoms. The summed E-state index contributed by atoms with van der Waals surface area (Å²) in [5.74, 6) is 0.317. The minimum atomic E-state index is 0.317. The number of carbonyl (C=O) groups is 1. The molecule has 0 aromatic rings. The van der Waals surface area contributed by atoms with Crippen molar-refractivity contribution >= 4 is 5.78 Å². The third-order valence-corrected chi connectivity index (χ3v) is 3.47. The Kier molecular flexibility index (Phi) is 2.62. The lowest BCUT2D eigenvalue weighted by Gasteiger charge is -2.32. The second-order valence-corrected chi connectivity index (χ2v) is 4.64. The van der Waals surface area contributed by atoms with Gasteiger partial charge >= 0.3 is 0 Å². The van der Waals surface area contributed by atoms with E-state index in [4.69, 9.17) is 0 Å². The average Bonchev–Trinajstić information content (AvgIpc) is 2.46. The molecule has 2 nitrogen and oxygen atoms in total. The molecule has 1 saturated heterocycles. The molecule has 0 radical (unpaired) electrons. The lowest BCUT2D eigenvalue weighted by Crippen LogP contribution is -2.33. The molecule has 2 heteroatoms. The van der Waals surface area contributed by atoms with Gasteiger partial charge in [-0.15, -0.1) is 0 Å². The van der Waals surface area contributed by atoms with Crippen molar-refractivity contribution in [3.63, 3.8) is 0 Å². The van der Waals surface area contributed by atoms with Crippen molar-refractivity contribution in [2.75, 3.05) is 0 Å². The Morgan fingerprint density at radius 1 is 1.21 bits per heavy atom. The first-order chi connectivity index (χ1) is 6.68. The monoisotopic (exact) mass is 193 g/mol. The molecule has 0 aromatic heterocycles. The summed E-state index contributed by atoms with van der Waals surface area (Å²) in [5, 5.41) is 0. The Balaban J connectivity index is 2.17. The molecule has 1 heterocycles. The molecule has 0 amide bonds. The van der Waals surface area contributed by atoms with Gasteiger partial charge in [0.15, 0.2) is 5.78 Å². The first-order valence-electron chi connectivity index (χ1n) is 5.70. The maximum Gasteiger partial charge on any atom is 0.157 e. The van der Waals surface area contributed by atoms with Crippen molar-refractivity contribution in [2.45, 2.75) is 58.0 Å². The fourth-order valence-corrected chi connectivity index (χ4v) is 2.74. The van der Waals surface area contributed by atoms with Crippen molar-refractivity contribution in [1.29, 1.82) is 0 Å². The largest absolute Gasteiger partial charge is 0.369 e. The van der Waals surface area contributed by atoms with E-state index in [2.05, 4.69) is 18.7 Å². The molecule has 0 aromatic carbocycles. The summed E-state index contributed by atoms with van der Waals surface area (Å²) in [7, 11) is 0. The lowest BCUT2D eigenvalue weighted by atomic mass is 10.0. The van der Waals surface area contributed by atoms with Crippen molar-refractivity contribution in [1.82, 2.24) is 4.90 Å². The Labute approximate surface area is 86.0 Å². The van der Waals surface area contributed by atoms with Crippen LogP contribution in [0.5, 0.6) is 0 Å². The van der Waals surface area contributed by atoms with E-state index in [1.54, 1.807) is 0 Å². The summed E-state index contributed by atoms with van der Waals surface area (Å²) in [6.45, 7) is 4.53. The van der Waals surface area contributed by atoms with Gasteiger partial charge in [-0.1, -0.05) is 0 Å². The molecule has 0 spiro atoms. The Hall–Kier alpha value is -0.790. The molecule has 1 fully saturated rings. The highest BCUT2D eigenvalue weighted by molar-refractivity contribution is 5.91. The number of nitrogens with zero attached hydrogens (tertiary/aromatic N) is 1. The first-order valence-corrected chi connectivity index (χ1v) is 5.70. The Morgan fingerprint density at radius 2 is 1.86 bits per heavy atom. The van der Waals surface area contributed by atoms with Gasteiger partial charge in [0.2, 0.25) is 0 Å². The quantitative estimate of drug-likeness (QED) is 0.637. The third kappa shape index (κ3) is 1.70.